The summed E-state index contributed by atoms with van der Waals surface area (Å²) < 4.78 is 11.8. The second kappa shape index (κ2) is 11.3. The van der Waals surface area contributed by atoms with Gasteiger partial charge in [-0.25, -0.2) is 0 Å². The van der Waals surface area contributed by atoms with Crippen molar-refractivity contribution < 1.29 is 24.2 Å². The van der Waals surface area contributed by atoms with E-state index in [4.69, 9.17) is 19.4 Å². The van der Waals surface area contributed by atoms with Gasteiger partial charge in [-0.1, -0.05) is 19.1 Å². The third-order valence-electron chi connectivity index (χ3n) is 4.83. The van der Waals surface area contributed by atoms with Crippen molar-refractivity contribution in [3.05, 3.63) is 65.9 Å². The van der Waals surface area contributed by atoms with E-state index in [0.717, 1.165) is 30.6 Å². The summed E-state index contributed by atoms with van der Waals surface area (Å²) >= 11 is 0. The average Bonchev–Trinajstić information content (AvgIpc) is 3.24. The van der Waals surface area contributed by atoms with E-state index in [0.29, 0.717) is 29.7 Å². The van der Waals surface area contributed by atoms with Crippen LogP contribution < -0.4 is 15.0 Å². The number of carboxylic acid groups (broad SMARTS) is 1. The van der Waals surface area contributed by atoms with Gasteiger partial charge in [0.15, 0.2) is 0 Å². The van der Waals surface area contributed by atoms with E-state index in [2.05, 4.69) is 5.48 Å². The highest BCUT2D eigenvalue weighted by Crippen LogP contribution is 2.25. The summed E-state index contributed by atoms with van der Waals surface area (Å²) in [6.07, 6.45) is 7.43. The van der Waals surface area contributed by atoms with Gasteiger partial charge in [-0.3, -0.25) is 15.1 Å². The Bertz CT molecular complexity index is 841. The van der Waals surface area contributed by atoms with Crippen LogP contribution in [0.5, 0.6) is 11.5 Å². The molecule has 0 heterocycles. The van der Waals surface area contributed by atoms with Gasteiger partial charge in [0.25, 0.3) is 0 Å². The predicted molar refractivity (Wildman–Crippen MR) is 115 cm³/mol. The lowest BCUT2D eigenvalue weighted by molar-refractivity contribution is -0.136. The smallest absolute Gasteiger partial charge is 0.307 e. The Morgan fingerprint density at radius 1 is 1.13 bits per heavy atom. The number of benzene rings is 2. The number of rotatable bonds is 11. The van der Waals surface area contributed by atoms with Gasteiger partial charge in [0.1, 0.15) is 23.5 Å². The Balaban J connectivity index is 1.70. The first-order valence-electron chi connectivity index (χ1n) is 10.5. The van der Waals surface area contributed by atoms with Gasteiger partial charge in [0.2, 0.25) is 0 Å². The van der Waals surface area contributed by atoms with Gasteiger partial charge in [0.05, 0.1) is 19.1 Å². The van der Waals surface area contributed by atoms with Crippen molar-refractivity contribution in [3.63, 3.8) is 0 Å². The van der Waals surface area contributed by atoms with Crippen LogP contribution in [0.2, 0.25) is 0 Å². The zero-order valence-corrected chi connectivity index (χ0v) is 17.3. The first kappa shape index (κ1) is 21.7. The lowest BCUT2D eigenvalue weighted by atomic mass is 10.1. The molecule has 30 heavy (non-hydrogen) atoms. The molecule has 0 atom stereocenters. The number of aliphatic carboxylic acids is 1. The van der Waals surface area contributed by atoms with Crippen molar-refractivity contribution in [2.75, 3.05) is 6.61 Å². The highest BCUT2D eigenvalue weighted by molar-refractivity contribution is 5.70. The van der Waals surface area contributed by atoms with Crippen molar-refractivity contribution in [3.8, 4) is 11.5 Å². The van der Waals surface area contributed by atoms with Crippen molar-refractivity contribution in [2.24, 2.45) is 0 Å². The van der Waals surface area contributed by atoms with E-state index < -0.39 is 5.97 Å². The molecule has 1 aliphatic rings. The zero-order chi connectivity index (χ0) is 21.2. The normalized spacial score (nSPS) is 14.5. The molecule has 0 aromatic heterocycles. The van der Waals surface area contributed by atoms with Gasteiger partial charge in [0, 0.05) is 5.56 Å². The number of carboxylic acids is 1. The molecule has 0 saturated heterocycles. The van der Waals surface area contributed by atoms with Crippen LogP contribution >= 0.6 is 0 Å². The third kappa shape index (κ3) is 6.81. The van der Waals surface area contributed by atoms with Gasteiger partial charge >= 0.3 is 5.97 Å². The molecule has 2 aromatic rings. The van der Waals surface area contributed by atoms with E-state index in [1.54, 1.807) is 30.5 Å². The molecule has 0 amide bonds. The fraction of sp³-hybridized carbons (Fsp3) is 0.375. The van der Waals surface area contributed by atoms with Gasteiger partial charge in [-0.15, -0.1) is 0 Å². The molecule has 3 rings (SSSR count). The lowest BCUT2D eigenvalue weighted by Crippen LogP contribution is -2.15. The molecule has 6 heteroatoms. The van der Waals surface area contributed by atoms with Gasteiger partial charge in [-0.2, -0.15) is 0 Å². The van der Waals surface area contributed by atoms with E-state index in [9.17, 15) is 4.79 Å². The van der Waals surface area contributed by atoms with Crippen LogP contribution in [-0.4, -0.2) is 23.8 Å². The summed E-state index contributed by atoms with van der Waals surface area (Å²) in [5.74, 6) is 0.546. The minimum Gasteiger partial charge on any atom is -0.490 e. The minimum atomic E-state index is -0.877. The Labute approximate surface area is 177 Å². The predicted octanol–water partition coefficient (Wildman–Crippen LogP) is 4.94. The van der Waals surface area contributed by atoms with Crippen LogP contribution in [-0.2, 0) is 16.1 Å². The maximum Gasteiger partial charge on any atom is 0.307 e. The molecule has 160 valence electrons. The highest BCUT2D eigenvalue weighted by atomic mass is 16.6. The van der Waals surface area contributed by atoms with Crippen molar-refractivity contribution in [2.45, 2.75) is 51.6 Å². The fourth-order valence-corrected chi connectivity index (χ4v) is 3.32. The number of hydrogen-bond acceptors (Lipinski definition) is 5. The average molecular weight is 411 g/mol. The molecule has 1 fully saturated rings. The molecule has 2 N–H and O–H groups in total. The van der Waals surface area contributed by atoms with Crippen LogP contribution in [0, 0.1) is 0 Å². The summed E-state index contributed by atoms with van der Waals surface area (Å²) in [6, 6.07) is 14.9. The molecule has 2 aromatic carbocycles. The van der Waals surface area contributed by atoms with Crippen LogP contribution in [0.15, 0.2) is 54.8 Å². The maximum atomic E-state index is 10.9. The largest absolute Gasteiger partial charge is 0.490 e. The van der Waals surface area contributed by atoms with E-state index >= 15 is 0 Å². The number of hydrogen-bond donors (Lipinski definition) is 2. The summed E-state index contributed by atoms with van der Waals surface area (Å²) in [5, 5.41) is 8.97. The second-order valence-corrected chi connectivity index (χ2v) is 7.37. The van der Waals surface area contributed by atoms with Crippen molar-refractivity contribution in [1.29, 1.82) is 0 Å². The molecule has 0 bridgehead atoms. The Kier molecular flexibility index (Phi) is 8.15. The van der Waals surface area contributed by atoms with Crippen molar-refractivity contribution >= 4 is 11.7 Å². The Morgan fingerprint density at radius 2 is 1.90 bits per heavy atom. The number of nitrogens with one attached hydrogen (secondary N) is 1. The Morgan fingerprint density at radius 3 is 2.60 bits per heavy atom. The third-order valence-corrected chi connectivity index (χ3v) is 4.83. The number of ether oxygens (including phenoxy) is 2. The van der Waals surface area contributed by atoms with Crippen LogP contribution in [0.25, 0.3) is 5.70 Å². The fourth-order valence-electron chi connectivity index (χ4n) is 3.32. The number of carbonyl (C=O) groups is 1. The summed E-state index contributed by atoms with van der Waals surface area (Å²) in [6.45, 7) is 2.60. The van der Waals surface area contributed by atoms with Crippen molar-refractivity contribution in [1.82, 2.24) is 5.48 Å². The summed E-state index contributed by atoms with van der Waals surface area (Å²) in [5.41, 5.74) is 5.19. The standard InChI is InChI=1S/C24H29NO5/c1-2-14-29-25-23(17-28-22-9-5-6-18(15-22)16-24(26)27)19-10-12-21(13-11-19)30-20-7-3-4-8-20/h5-6,9-13,15,17,20,25H,2-4,7-8,14,16H2,1H3,(H,26,27). The molecule has 6 nitrogen and oxygen atoms in total. The van der Waals surface area contributed by atoms with Crippen LogP contribution in [0.4, 0.5) is 0 Å². The summed E-state index contributed by atoms with van der Waals surface area (Å²) in [4.78, 5) is 16.4. The maximum absolute atomic E-state index is 10.9. The molecule has 0 aliphatic heterocycles. The second-order valence-electron chi connectivity index (χ2n) is 7.37. The number of hydroxylamine groups is 1. The SMILES string of the molecule is CCCONC(=COc1cccc(CC(=O)O)c1)c1ccc(OC2CCCC2)cc1. The topological polar surface area (TPSA) is 77.0 Å². The summed E-state index contributed by atoms with van der Waals surface area (Å²) in [7, 11) is 0. The highest BCUT2D eigenvalue weighted by Gasteiger charge is 2.16. The van der Waals surface area contributed by atoms with Crippen LogP contribution in [0.1, 0.15) is 50.2 Å². The van der Waals surface area contributed by atoms with Gasteiger partial charge < -0.3 is 14.6 Å². The molecule has 1 aliphatic carbocycles. The molecular weight excluding hydrogens is 382 g/mol. The molecule has 0 unspecified atom stereocenters. The van der Waals surface area contributed by atoms with E-state index in [1.165, 1.54) is 12.8 Å². The Hall–Kier alpha value is -2.99. The van der Waals surface area contributed by atoms with Crippen LogP contribution in [0.3, 0.4) is 0 Å². The minimum absolute atomic E-state index is 0.0475. The monoisotopic (exact) mass is 411 g/mol. The first-order valence-corrected chi connectivity index (χ1v) is 10.5. The van der Waals surface area contributed by atoms with Gasteiger partial charge in [-0.05, 0) is 74.1 Å². The molecule has 1 saturated carbocycles. The quantitative estimate of drug-likeness (QED) is 0.310. The lowest BCUT2D eigenvalue weighted by Gasteiger charge is -2.15. The zero-order valence-electron chi connectivity index (χ0n) is 17.3. The van der Waals surface area contributed by atoms with E-state index in [1.807, 2.05) is 31.2 Å². The first-order chi connectivity index (χ1) is 14.6. The molecular formula is C24H29NO5. The molecule has 0 spiro atoms. The van der Waals surface area contributed by atoms with E-state index in [-0.39, 0.29) is 6.42 Å². The molecule has 0 radical (unpaired) electrons.